The van der Waals surface area contributed by atoms with Gasteiger partial charge in [-0.3, -0.25) is 9.59 Å². The summed E-state index contributed by atoms with van der Waals surface area (Å²) in [6, 6.07) is 4.61. The zero-order valence-electron chi connectivity index (χ0n) is 11.1. The number of carbonyl (C=O) groups excluding carboxylic acids is 1. The summed E-state index contributed by atoms with van der Waals surface area (Å²) in [7, 11) is 0. The van der Waals surface area contributed by atoms with Crippen LogP contribution in [0.25, 0.3) is 0 Å². The van der Waals surface area contributed by atoms with Gasteiger partial charge in [-0.05, 0) is 30.9 Å². The highest BCUT2D eigenvalue weighted by Gasteiger charge is 2.16. The van der Waals surface area contributed by atoms with Gasteiger partial charge in [0.05, 0.1) is 0 Å². The van der Waals surface area contributed by atoms with Crippen LogP contribution in [0.3, 0.4) is 0 Å². The molecule has 0 heterocycles. The van der Waals surface area contributed by atoms with Crippen molar-refractivity contribution in [1.29, 1.82) is 0 Å². The Morgan fingerprint density at radius 2 is 1.85 bits per heavy atom. The van der Waals surface area contributed by atoms with Crippen molar-refractivity contribution >= 4 is 17.9 Å². The van der Waals surface area contributed by atoms with E-state index in [2.05, 4.69) is 0 Å². The van der Waals surface area contributed by atoms with Gasteiger partial charge in [-0.25, -0.2) is 4.79 Å². The number of ether oxygens (including phenoxy) is 1. The van der Waals surface area contributed by atoms with Crippen molar-refractivity contribution in [2.24, 2.45) is 0 Å². The topological polar surface area (TPSA) is 101 Å². The molecule has 20 heavy (non-hydrogen) atoms. The number of carbonyl (C=O) groups is 3. The minimum Gasteiger partial charge on any atom is -0.481 e. The lowest BCUT2D eigenvalue weighted by atomic mass is 10.0. The van der Waals surface area contributed by atoms with Gasteiger partial charge in [-0.2, -0.15) is 0 Å². The SMILES string of the molecule is CC(=O)Oc1c(CCCCC(=O)O)cccc1C(=O)O. The molecule has 0 saturated heterocycles. The molecule has 2 N–H and O–H groups in total. The van der Waals surface area contributed by atoms with E-state index >= 15 is 0 Å². The van der Waals surface area contributed by atoms with Crippen LogP contribution >= 0.6 is 0 Å². The number of rotatable bonds is 7. The molecule has 0 aliphatic carbocycles. The van der Waals surface area contributed by atoms with Crippen LogP contribution in [-0.4, -0.2) is 28.1 Å². The third-order valence-corrected chi connectivity index (χ3v) is 2.66. The molecule has 0 bridgehead atoms. The molecule has 1 rings (SSSR count). The Morgan fingerprint density at radius 3 is 2.40 bits per heavy atom. The first kappa shape index (κ1) is 15.7. The highest BCUT2D eigenvalue weighted by Crippen LogP contribution is 2.26. The molecule has 0 atom stereocenters. The number of aromatic carboxylic acids is 1. The van der Waals surface area contributed by atoms with Crippen molar-refractivity contribution in [3.05, 3.63) is 29.3 Å². The van der Waals surface area contributed by atoms with Gasteiger partial charge in [0.2, 0.25) is 0 Å². The lowest BCUT2D eigenvalue weighted by Gasteiger charge is -2.11. The van der Waals surface area contributed by atoms with Crippen LogP contribution in [0.2, 0.25) is 0 Å². The summed E-state index contributed by atoms with van der Waals surface area (Å²) in [5.74, 6) is -2.59. The summed E-state index contributed by atoms with van der Waals surface area (Å²) in [4.78, 5) is 32.6. The molecule has 0 fully saturated rings. The van der Waals surface area contributed by atoms with E-state index in [1.807, 2.05) is 0 Å². The van der Waals surface area contributed by atoms with Crippen LogP contribution in [0.5, 0.6) is 5.75 Å². The van der Waals surface area contributed by atoms with Crippen molar-refractivity contribution in [2.75, 3.05) is 0 Å². The third kappa shape index (κ3) is 4.72. The van der Waals surface area contributed by atoms with E-state index in [1.165, 1.54) is 13.0 Å². The van der Waals surface area contributed by atoms with Gasteiger partial charge >= 0.3 is 17.9 Å². The van der Waals surface area contributed by atoms with Crippen molar-refractivity contribution in [3.63, 3.8) is 0 Å². The van der Waals surface area contributed by atoms with Crippen molar-refractivity contribution in [3.8, 4) is 5.75 Å². The van der Waals surface area contributed by atoms with Crippen LogP contribution < -0.4 is 4.74 Å². The van der Waals surface area contributed by atoms with E-state index in [1.54, 1.807) is 12.1 Å². The Hall–Kier alpha value is -2.37. The maximum atomic E-state index is 11.1. The summed E-state index contributed by atoms with van der Waals surface area (Å²) in [5.41, 5.74) is 0.515. The van der Waals surface area contributed by atoms with Gasteiger partial charge in [0.1, 0.15) is 11.3 Å². The third-order valence-electron chi connectivity index (χ3n) is 2.66. The molecule has 0 aliphatic rings. The van der Waals surface area contributed by atoms with Crippen LogP contribution in [0.4, 0.5) is 0 Å². The fraction of sp³-hybridized carbons (Fsp3) is 0.357. The molecular weight excluding hydrogens is 264 g/mol. The van der Waals surface area contributed by atoms with E-state index in [4.69, 9.17) is 14.9 Å². The molecule has 6 nitrogen and oxygen atoms in total. The quantitative estimate of drug-likeness (QED) is 0.450. The second kappa shape index (κ2) is 7.28. The first-order valence-corrected chi connectivity index (χ1v) is 6.17. The van der Waals surface area contributed by atoms with Crippen molar-refractivity contribution < 1.29 is 29.3 Å². The maximum absolute atomic E-state index is 11.1. The highest BCUT2D eigenvalue weighted by atomic mass is 16.5. The predicted molar refractivity (Wildman–Crippen MR) is 69.9 cm³/mol. The van der Waals surface area contributed by atoms with Crippen LogP contribution in [0, 0.1) is 0 Å². The average molecular weight is 280 g/mol. The molecular formula is C14H16O6. The van der Waals surface area contributed by atoms with Gasteiger partial charge in [-0.1, -0.05) is 12.1 Å². The molecule has 0 spiro atoms. The molecule has 0 unspecified atom stereocenters. The highest BCUT2D eigenvalue weighted by molar-refractivity contribution is 5.92. The second-order valence-electron chi connectivity index (χ2n) is 4.29. The summed E-state index contributed by atoms with van der Waals surface area (Å²) >= 11 is 0. The van der Waals surface area contributed by atoms with E-state index in [0.717, 1.165) is 0 Å². The number of benzene rings is 1. The predicted octanol–water partition coefficient (Wildman–Crippen LogP) is 2.11. The Bertz CT molecular complexity index is 520. The molecule has 0 aromatic heterocycles. The lowest BCUT2D eigenvalue weighted by molar-refractivity contribution is -0.137. The van der Waals surface area contributed by atoms with Gasteiger partial charge in [0.25, 0.3) is 0 Å². The minimum absolute atomic E-state index is 0.0443. The number of carboxylic acid groups (broad SMARTS) is 2. The fourth-order valence-electron chi connectivity index (χ4n) is 1.81. The zero-order chi connectivity index (χ0) is 15.1. The van der Waals surface area contributed by atoms with E-state index in [9.17, 15) is 14.4 Å². The minimum atomic E-state index is -1.17. The number of carboxylic acids is 2. The fourth-order valence-corrected chi connectivity index (χ4v) is 1.81. The number of aryl methyl sites for hydroxylation is 1. The zero-order valence-corrected chi connectivity index (χ0v) is 11.1. The molecule has 108 valence electrons. The molecule has 0 radical (unpaired) electrons. The van der Waals surface area contributed by atoms with E-state index < -0.39 is 17.9 Å². The molecule has 0 saturated carbocycles. The molecule has 0 amide bonds. The van der Waals surface area contributed by atoms with Crippen LogP contribution in [-0.2, 0) is 16.0 Å². The lowest BCUT2D eigenvalue weighted by Crippen LogP contribution is -2.10. The number of hydrogen-bond donors (Lipinski definition) is 2. The van der Waals surface area contributed by atoms with Crippen molar-refractivity contribution in [2.45, 2.75) is 32.6 Å². The van der Waals surface area contributed by atoms with E-state index in [-0.39, 0.29) is 17.7 Å². The largest absolute Gasteiger partial charge is 0.481 e. The van der Waals surface area contributed by atoms with Crippen LogP contribution in [0.1, 0.15) is 42.1 Å². The van der Waals surface area contributed by atoms with Gasteiger partial charge in [-0.15, -0.1) is 0 Å². The number of hydrogen-bond acceptors (Lipinski definition) is 4. The van der Waals surface area contributed by atoms with Crippen LogP contribution in [0.15, 0.2) is 18.2 Å². The number of para-hydroxylation sites is 1. The Kier molecular flexibility index (Phi) is 5.71. The summed E-state index contributed by atoms with van der Waals surface area (Å²) < 4.78 is 4.98. The summed E-state index contributed by atoms with van der Waals surface area (Å²) in [6.07, 6.45) is 1.56. The molecule has 6 heteroatoms. The van der Waals surface area contributed by atoms with Gasteiger partial charge in [0, 0.05) is 13.3 Å². The average Bonchev–Trinajstić information content (AvgIpc) is 2.34. The first-order valence-electron chi connectivity index (χ1n) is 6.17. The monoisotopic (exact) mass is 280 g/mol. The maximum Gasteiger partial charge on any atom is 0.339 e. The smallest absolute Gasteiger partial charge is 0.339 e. The molecule has 0 aliphatic heterocycles. The molecule has 1 aromatic rings. The number of unbranched alkanes of at least 4 members (excludes halogenated alkanes) is 1. The normalized spacial score (nSPS) is 10.1. The standard InChI is InChI=1S/C14H16O6/c1-9(15)20-13-10(5-2-3-8-12(16)17)6-4-7-11(13)14(18)19/h4,6-7H,2-3,5,8H2,1H3,(H,16,17)(H,18,19). The Balaban J connectivity index is 2.88. The van der Waals surface area contributed by atoms with Gasteiger partial charge < -0.3 is 14.9 Å². The first-order chi connectivity index (χ1) is 9.41. The van der Waals surface area contributed by atoms with Crippen molar-refractivity contribution in [1.82, 2.24) is 0 Å². The van der Waals surface area contributed by atoms with E-state index in [0.29, 0.717) is 24.8 Å². The summed E-state index contributed by atoms with van der Waals surface area (Å²) in [5, 5.41) is 17.6. The Labute approximate surface area is 116 Å². The Morgan fingerprint density at radius 1 is 1.15 bits per heavy atom. The summed E-state index contributed by atoms with van der Waals surface area (Å²) in [6.45, 7) is 1.20. The molecule has 1 aromatic carbocycles. The number of aliphatic carboxylic acids is 1. The second-order valence-corrected chi connectivity index (χ2v) is 4.29. The van der Waals surface area contributed by atoms with Gasteiger partial charge in [0.15, 0.2) is 0 Å². The number of esters is 1.